The van der Waals surface area contributed by atoms with E-state index in [4.69, 9.17) is 11.6 Å². The van der Waals surface area contributed by atoms with Gasteiger partial charge in [0.05, 0.1) is 4.92 Å². The van der Waals surface area contributed by atoms with E-state index in [1.165, 1.54) is 14.0 Å². The molecule has 7 heteroatoms. The Hall–Kier alpha value is -1.56. The Morgan fingerprint density at radius 2 is 2.21 bits per heavy atom. The Kier molecular flexibility index (Phi) is 2.76. The van der Waals surface area contributed by atoms with E-state index in [0.29, 0.717) is 4.73 Å². The van der Waals surface area contributed by atoms with Gasteiger partial charge in [0.25, 0.3) is 5.15 Å². The molecule has 14 heavy (non-hydrogen) atoms. The van der Waals surface area contributed by atoms with Crippen molar-refractivity contribution in [3.05, 3.63) is 32.2 Å². The highest BCUT2D eigenvalue weighted by atomic mass is 35.5. The van der Waals surface area contributed by atoms with Crippen LogP contribution in [0.3, 0.4) is 0 Å². The van der Waals surface area contributed by atoms with E-state index < -0.39 is 4.92 Å². The van der Waals surface area contributed by atoms with Crippen LogP contribution in [0.2, 0.25) is 5.15 Å². The number of nitrogens with zero attached hydrogens (tertiary/aromatic N) is 2. The summed E-state index contributed by atoms with van der Waals surface area (Å²) in [5.41, 5.74) is 0.120. The molecular weight excluding hydrogens is 210 g/mol. The van der Waals surface area contributed by atoms with Crippen LogP contribution in [0.25, 0.3) is 0 Å². The second-order valence-corrected chi connectivity index (χ2v) is 3.00. The molecule has 0 spiro atoms. The molecule has 0 radical (unpaired) electrons. The second kappa shape index (κ2) is 3.67. The SMILES string of the molecule is CNc1c[n+]([O-])c(Cl)c(C)c1[N+](=O)[O-]. The van der Waals surface area contributed by atoms with Crippen molar-refractivity contribution < 1.29 is 9.65 Å². The van der Waals surface area contributed by atoms with Crippen molar-refractivity contribution in [2.24, 2.45) is 0 Å². The number of rotatable bonds is 2. The molecule has 0 saturated heterocycles. The molecule has 1 aromatic rings. The van der Waals surface area contributed by atoms with Gasteiger partial charge in [-0.05, 0) is 18.5 Å². The number of nitrogens with one attached hydrogen (secondary N) is 1. The summed E-state index contributed by atoms with van der Waals surface area (Å²) in [5, 5.41) is 24.2. The lowest BCUT2D eigenvalue weighted by Gasteiger charge is -2.06. The van der Waals surface area contributed by atoms with Crippen LogP contribution in [-0.2, 0) is 0 Å². The Balaban J connectivity index is 3.53. The normalized spacial score (nSPS) is 9.93. The quantitative estimate of drug-likeness (QED) is 0.266. The van der Waals surface area contributed by atoms with Gasteiger partial charge in [0, 0.05) is 7.05 Å². The highest BCUT2D eigenvalue weighted by Crippen LogP contribution is 2.29. The minimum atomic E-state index is -0.576. The predicted octanol–water partition coefficient (Wildman–Crippen LogP) is 1.23. The molecule has 0 aliphatic rings. The maximum atomic E-state index is 11.1. The Labute approximate surface area is 84.8 Å². The monoisotopic (exact) mass is 217 g/mol. The van der Waals surface area contributed by atoms with Crippen LogP contribution in [0.5, 0.6) is 0 Å². The molecular formula is C7H8ClN3O3. The van der Waals surface area contributed by atoms with Crippen LogP contribution in [0.1, 0.15) is 5.56 Å². The van der Waals surface area contributed by atoms with Gasteiger partial charge in [0.1, 0.15) is 5.56 Å². The fourth-order valence-electron chi connectivity index (χ4n) is 1.12. The smallest absolute Gasteiger partial charge is 0.309 e. The maximum Gasteiger partial charge on any atom is 0.309 e. The molecule has 0 amide bonds. The zero-order chi connectivity index (χ0) is 10.9. The molecule has 0 saturated carbocycles. The molecule has 6 nitrogen and oxygen atoms in total. The Morgan fingerprint density at radius 3 is 2.64 bits per heavy atom. The first-order valence-electron chi connectivity index (χ1n) is 3.73. The second-order valence-electron chi connectivity index (χ2n) is 2.64. The predicted molar refractivity (Wildman–Crippen MR) is 51.4 cm³/mol. The Bertz CT molecular complexity index is 394. The van der Waals surface area contributed by atoms with Crippen LogP contribution in [0, 0.1) is 22.2 Å². The van der Waals surface area contributed by atoms with Crippen molar-refractivity contribution in [1.82, 2.24) is 0 Å². The lowest BCUT2D eigenvalue weighted by Crippen LogP contribution is -2.29. The van der Waals surface area contributed by atoms with E-state index >= 15 is 0 Å². The lowest BCUT2D eigenvalue weighted by atomic mass is 10.2. The first-order chi connectivity index (χ1) is 6.49. The molecule has 0 bridgehead atoms. The van der Waals surface area contributed by atoms with Crippen LogP contribution in [0.4, 0.5) is 11.4 Å². The van der Waals surface area contributed by atoms with Crippen molar-refractivity contribution in [3.63, 3.8) is 0 Å². The molecule has 1 rings (SSSR count). The van der Waals surface area contributed by atoms with Gasteiger partial charge in [-0.25, -0.2) is 0 Å². The third kappa shape index (κ3) is 1.56. The minimum absolute atomic E-state index is 0.145. The molecule has 0 fully saturated rings. The number of hydrogen-bond donors (Lipinski definition) is 1. The van der Waals surface area contributed by atoms with Gasteiger partial charge >= 0.3 is 5.69 Å². The molecule has 0 aliphatic carbocycles. The van der Waals surface area contributed by atoms with E-state index in [1.54, 1.807) is 0 Å². The number of halogens is 1. The van der Waals surface area contributed by atoms with Gasteiger partial charge in [-0.3, -0.25) is 10.1 Å². The van der Waals surface area contributed by atoms with E-state index in [-0.39, 0.29) is 22.1 Å². The summed E-state index contributed by atoms with van der Waals surface area (Å²) >= 11 is 5.57. The molecule has 1 aromatic heterocycles. The van der Waals surface area contributed by atoms with Gasteiger partial charge in [-0.2, -0.15) is 4.73 Å². The third-order valence-corrected chi connectivity index (χ3v) is 2.26. The molecule has 0 atom stereocenters. The van der Waals surface area contributed by atoms with Gasteiger partial charge in [0.15, 0.2) is 5.69 Å². The highest BCUT2D eigenvalue weighted by Gasteiger charge is 2.25. The summed E-state index contributed by atoms with van der Waals surface area (Å²) in [6.45, 7) is 1.43. The van der Waals surface area contributed by atoms with Crippen LogP contribution < -0.4 is 10.0 Å². The summed E-state index contributed by atoms with van der Waals surface area (Å²) in [5.74, 6) is 0. The number of anilines is 1. The van der Waals surface area contributed by atoms with E-state index in [0.717, 1.165) is 6.20 Å². The average molecular weight is 218 g/mol. The van der Waals surface area contributed by atoms with E-state index in [2.05, 4.69) is 5.32 Å². The summed E-state index contributed by atoms with van der Waals surface area (Å²) < 4.78 is 0.385. The maximum absolute atomic E-state index is 11.1. The van der Waals surface area contributed by atoms with E-state index in [1.807, 2.05) is 0 Å². The number of nitro groups is 1. The topological polar surface area (TPSA) is 82.1 Å². The van der Waals surface area contributed by atoms with Gasteiger partial charge in [0.2, 0.25) is 6.20 Å². The summed E-state index contributed by atoms with van der Waals surface area (Å²) in [4.78, 5) is 10.1. The van der Waals surface area contributed by atoms with Gasteiger partial charge in [-0.15, -0.1) is 0 Å². The lowest BCUT2D eigenvalue weighted by molar-refractivity contribution is -0.603. The van der Waals surface area contributed by atoms with Crippen molar-refractivity contribution in [3.8, 4) is 0 Å². The molecule has 0 aliphatic heterocycles. The molecule has 76 valence electrons. The number of hydrogen-bond acceptors (Lipinski definition) is 4. The van der Waals surface area contributed by atoms with Crippen LogP contribution >= 0.6 is 11.6 Å². The number of pyridine rings is 1. The summed E-state index contributed by atoms with van der Waals surface area (Å²) in [7, 11) is 1.50. The van der Waals surface area contributed by atoms with Crippen molar-refractivity contribution in [2.45, 2.75) is 6.92 Å². The molecule has 0 unspecified atom stereocenters. The first kappa shape index (κ1) is 10.5. The summed E-state index contributed by atoms with van der Waals surface area (Å²) in [6, 6.07) is 0. The highest BCUT2D eigenvalue weighted by molar-refractivity contribution is 6.29. The van der Waals surface area contributed by atoms with Crippen molar-refractivity contribution in [2.75, 3.05) is 12.4 Å². The summed E-state index contributed by atoms with van der Waals surface area (Å²) in [6.07, 6.45) is 1.04. The molecule has 1 heterocycles. The van der Waals surface area contributed by atoms with Crippen LogP contribution in [-0.4, -0.2) is 12.0 Å². The standard InChI is InChI=1S/C7H8ClN3O3/c1-4-6(11(13)14)5(9-2)3-10(12)7(4)8/h3,9H,1-2H3. The average Bonchev–Trinajstić information content (AvgIpc) is 2.12. The largest absolute Gasteiger partial charge is 0.618 e. The first-order valence-corrected chi connectivity index (χ1v) is 4.11. The van der Waals surface area contributed by atoms with Crippen molar-refractivity contribution >= 4 is 23.0 Å². The Morgan fingerprint density at radius 1 is 1.64 bits per heavy atom. The number of aromatic nitrogens is 1. The molecule has 0 aromatic carbocycles. The van der Waals surface area contributed by atoms with Gasteiger partial charge < -0.3 is 10.5 Å². The minimum Gasteiger partial charge on any atom is -0.618 e. The molecule has 1 N–H and O–H groups in total. The van der Waals surface area contributed by atoms with Gasteiger partial charge in [-0.1, -0.05) is 0 Å². The zero-order valence-electron chi connectivity index (χ0n) is 7.57. The van der Waals surface area contributed by atoms with E-state index in [9.17, 15) is 15.3 Å². The van der Waals surface area contributed by atoms with Crippen molar-refractivity contribution in [1.29, 1.82) is 0 Å². The fourth-order valence-corrected chi connectivity index (χ4v) is 1.26. The zero-order valence-corrected chi connectivity index (χ0v) is 8.33. The van der Waals surface area contributed by atoms with Crippen LogP contribution in [0.15, 0.2) is 6.20 Å². The fraction of sp³-hybridized carbons (Fsp3) is 0.286. The third-order valence-electron chi connectivity index (χ3n) is 1.81.